The fourth-order valence-electron chi connectivity index (χ4n) is 2.14. The third-order valence-corrected chi connectivity index (χ3v) is 5.04. The molecule has 0 amide bonds. The van der Waals surface area contributed by atoms with Gasteiger partial charge in [0.15, 0.2) is 27.4 Å². The van der Waals surface area contributed by atoms with Crippen molar-refractivity contribution in [2.24, 2.45) is 4.99 Å². The molecule has 1 aliphatic rings. The van der Waals surface area contributed by atoms with Crippen LogP contribution in [-0.2, 0) is 16.4 Å². The van der Waals surface area contributed by atoms with E-state index >= 15 is 0 Å². The molecule has 22 heavy (non-hydrogen) atoms. The highest BCUT2D eigenvalue weighted by Crippen LogP contribution is 2.16. The second-order valence-electron chi connectivity index (χ2n) is 4.96. The van der Waals surface area contributed by atoms with Crippen LogP contribution < -0.4 is 10.6 Å². The first-order valence-corrected chi connectivity index (χ1v) is 8.37. The molecule has 1 fully saturated rings. The second kappa shape index (κ2) is 7.95. The molecule has 1 aromatic rings. The lowest BCUT2D eigenvalue weighted by atomic mass is 10.2. The summed E-state index contributed by atoms with van der Waals surface area (Å²) in [6, 6.07) is 3.96. The van der Waals surface area contributed by atoms with Crippen LogP contribution in [0.15, 0.2) is 23.2 Å². The van der Waals surface area contributed by atoms with Crippen molar-refractivity contribution in [1.82, 2.24) is 10.6 Å². The number of nitrogens with one attached hydrogen (secondary N) is 2. The van der Waals surface area contributed by atoms with E-state index in [2.05, 4.69) is 15.6 Å². The summed E-state index contributed by atoms with van der Waals surface area (Å²) in [6.07, 6.45) is 0.552. The number of nitrogens with zero attached hydrogens (tertiary/aromatic N) is 1. The summed E-state index contributed by atoms with van der Waals surface area (Å²) < 4.78 is 36.0. The molecule has 1 saturated heterocycles. The molecule has 124 valence electrons. The molecule has 1 atom stereocenters. The van der Waals surface area contributed by atoms with E-state index in [1.807, 2.05) is 0 Å². The summed E-state index contributed by atoms with van der Waals surface area (Å²) in [4.78, 5) is 4.01. The Labute approximate surface area is 146 Å². The number of hydrogen-bond donors (Lipinski definition) is 3. The van der Waals surface area contributed by atoms with Gasteiger partial charge in [0.1, 0.15) is 0 Å². The molecule has 1 aromatic carbocycles. The molecule has 6 nitrogen and oxygen atoms in total. The van der Waals surface area contributed by atoms with Crippen LogP contribution in [-0.4, -0.2) is 44.1 Å². The number of hydrogen-bond acceptors (Lipinski definition) is 4. The van der Waals surface area contributed by atoms with Gasteiger partial charge < -0.3 is 15.7 Å². The Bertz CT molecular complexity index is 652. The van der Waals surface area contributed by atoms with Crippen molar-refractivity contribution in [3.8, 4) is 5.75 Å². The van der Waals surface area contributed by atoms with E-state index in [1.165, 1.54) is 12.1 Å². The van der Waals surface area contributed by atoms with Crippen LogP contribution in [0.3, 0.4) is 0 Å². The van der Waals surface area contributed by atoms with Gasteiger partial charge in [-0.3, -0.25) is 4.99 Å². The fraction of sp³-hybridized carbons (Fsp3) is 0.462. The van der Waals surface area contributed by atoms with Gasteiger partial charge in [-0.25, -0.2) is 12.8 Å². The van der Waals surface area contributed by atoms with Crippen LogP contribution in [0, 0.1) is 5.82 Å². The number of sulfone groups is 1. The number of phenolic OH excluding ortho intramolecular Hbond substituents is 1. The van der Waals surface area contributed by atoms with Gasteiger partial charge in [-0.1, -0.05) is 6.07 Å². The minimum absolute atomic E-state index is 0. The van der Waals surface area contributed by atoms with Crippen LogP contribution >= 0.6 is 24.0 Å². The van der Waals surface area contributed by atoms with Crippen LogP contribution in [0.4, 0.5) is 4.39 Å². The Morgan fingerprint density at radius 1 is 1.50 bits per heavy atom. The van der Waals surface area contributed by atoms with E-state index in [-0.39, 0.29) is 41.5 Å². The van der Waals surface area contributed by atoms with Gasteiger partial charge in [0.2, 0.25) is 0 Å². The molecule has 9 heteroatoms. The fourth-order valence-corrected chi connectivity index (χ4v) is 3.82. The number of benzene rings is 1. The summed E-state index contributed by atoms with van der Waals surface area (Å²) in [5.74, 6) is -0.325. The second-order valence-corrected chi connectivity index (χ2v) is 7.18. The maximum Gasteiger partial charge on any atom is 0.191 e. The van der Waals surface area contributed by atoms with Crippen molar-refractivity contribution in [3.63, 3.8) is 0 Å². The Hall–Kier alpha value is -1.10. The van der Waals surface area contributed by atoms with E-state index in [1.54, 1.807) is 13.1 Å². The zero-order chi connectivity index (χ0) is 15.5. The lowest BCUT2D eigenvalue weighted by molar-refractivity contribution is 0.431. The van der Waals surface area contributed by atoms with Gasteiger partial charge in [-0.15, -0.1) is 24.0 Å². The number of halogens is 2. The molecule has 0 spiro atoms. The van der Waals surface area contributed by atoms with Crippen molar-refractivity contribution >= 4 is 39.8 Å². The molecular weight excluding hydrogens is 424 g/mol. The Balaban J connectivity index is 0.00000242. The van der Waals surface area contributed by atoms with Crippen molar-refractivity contribution in [3.05, 3.63) is 29.6 Å². The zero-order valence-electron chi connectivity index (χ0n) is 12.0. The van der Waals surface area contributed by atoms with Crippen LogP contribution in [0.1, 0.15) is 12.0 Å². The standard InChI is InChI=1S/C13H18FN3O3S.HI/c1-15-13(17-10-4-5-21(19,20)8-10)16-7-9-2-3-12(18)11(14)6-9;/h2-3,6,10,18H,4-5,7-8H2,1H3,(H2,15,16,17);1H. The number of phenols is 1. The van der Waals surface area contributed by atoms with Gasteiger partial charge in [0.05, 0.1) is 11.5 Å². The molecule has 0 aliphatic carbocycles. The van der Waals surface area contributed by atoms with E-state index < -0.39 is 21.4 Å². The van der Waals surface area contributed by atoms with Gasteiger partial charge in [-0.2, -0.15) is 0 Å². The maximum absolute atomic E-state index is 13.2. The van der Waals surface area contributed by atoms with Gasteiger partial charge in [0, 0.05) is 19.6 Å². The number of aromatic hydroxyl groups is 1. The minimum atomic E-state index is -2.95. The first-order chi connectivity index (χ1) is 9.89. The van der Waals surface area contributed by atoms with Gasteiger partial charge >= 0.3 is 0 Å². The van der Waals surface area contributed by atoms with Gasteiger partial charge in [-0.05, 0) is 24.1 Å². The largest absolute Gasteiger partial charge is 0.505 e. The highest BCUT2D eigenvalue weighted by atomic mass is 127. The number of aliphatic imine (C=N–C) groups is 1. The number of guanidine groups is 1. The SMILES string of the molecule is CN=C(NCc1ccc(O)c(F)c1)NC1CCS(=O)(=O)C1.I. The first kappa shape index (κ1) is 18.9. The Morgan fingerprint density at radius 3 is 2.77 bits per heavy atom. The topological polar surface area (TPSA) is 90.8 Å². The van der Waals surface area contributed by atoms with Crippen molar-refractivity contribution in [2.45, 2.75) is 19.0 Å². The zero-order valence-corrected chi connectivity index (χ0v) is 15.2. The summed E-state index contributed by atoms with van der Waals surface area (Å²) in [5.41, 5.74) is 0.646. The van der Waals surface area contributed by atoms with E-state index in [9.17, 15) is 12.8 Å². The quantitative estimate of drug-likeness (QED) is 0.369. The highest BCUT2D eigenvalue weighted by Gasteiger charge is 2.28. The van der Waals surface area contributed by atoms with Gasteiger partial charge in [0.25, 0.3) is 0 Å². The Kier molecular flexibility index (Phi) is 6.85. The molecule has 0 aromatic heterocycles. The molecular formula is C13H19FIN3O3S. The minimum Gasteiger partial charge on any atom is -0.505 e. The van der Waals surface area contributed by atoms with E-state index in [0.29, 0.717) is 24.5 Å². The lowest BCUT2D eigenvalue weighted by Crippen LogP contribution is -2.43. The van der Waals surface area contributed by atoms with Crippen LogP contribution in [0.5, 0.6) is 5.75 Å². The monoisotopic (exact) mass is 443 g/mol. The molecule has 3 N–H and O–H groups in total. The summed E-state index contributed by atoms with van der Waals surface area (Å²) in [6.45, 7) is 0.316. The molecule has 0 radical (unpaired) electrons. The van der Waals surface area contributed by atoms with E-state index in [0.717, 1.165) is 0 Å². The highest BCUT2D eigenvalue weighted by molar-refractivity contribution is 14.0. The normalized spacial score (nSPS) is 20.3. The van der Waals surface area contributed by atoms with Crippen molar-refractivity contribution < 1.29 is 17.9 Å². The smallest absolute Gasteiger partial charge is 0.191 e. The third kappa shape index (κ3) is 5.27. The molecule has 1 heterocycles. The molecule has 0 bridgehead atoms. The van der Waals surface area contributed by atoms with E-state index in [4.69, 9.17) is 5.11 Å². The molecule has 1 aliphatic heterocycles. The molecule has 1 unspecified atom stereocenters. The predicted octanol–water partition coefficient (Wildman–Crippen LogP) is 1.00. The summed E-state index contributed by atoms with van der Waals surface area (Å²) in [5, 5.41) is 15.1. The average Bonchev–Trinajstić information content (AvgIpc) is 2.77. The third-order valence-electron chi connectivity index (χ3n) is 3.27. The predicted molar refractivity (Wildman–Crippen MR) is 93.9 cm³/mol. The average molecular weight is 443 g/mol. The van der Waals surface area contributed by atoms with Crippen LogP contribution in [0.2, 0.25) is 0 Å². The van der Waals surface area contributed by atoms with Crippen molar-refractivity contribution in [2.75, 3.05) is 18.6 Å². The summed E-state index contributed by atoms with van der Waals surface area (Å²) >= 11 is 0. The first-order valence-electron chi connectivity index (χ1n) is 6.54. The lowest BCUT2D eigenvalue weighted by Gasteiger charge is -2.16. The molecule has 0 saturated carbocycles. The van der Waals surface area contributed by atoms with Crippen molar-refractivity contribution in [1.29, 1.82) is 0 Å². The van der Waals surface area contributed by atoms with Crippen LogP contribution in [0.25, 0.3) is 0 Å². The maximum atomic E-state index is 13.2. The summed E-state index contributed by atoms with van der Waals surface area (Å²) in [7, 11) is -1.37. The number of rotatable bonds is 3. The molecule has 2 rings (SSSR count). The Morgan fingerprint density at radius 2 is 2.23 bits per heavy atom.